The fourth-order valence-electron chi connectivity index (χ4n) is 0.743. The summed E-state index contributed by atoms with van der Waals surface area (Å²) in [5.74, 6) is 0. The van der Waals surface area contributed by atoms with Crippen molar-refractivity contribution in [2.24, 2.45) is 5.18 Å². The van der Waals surface area contributed by atoms with Gasteiger partial charge in [0.15, 0.2) is 6.29 Å². The average Bonchev–Trinajstić information content (AvgIpc) is 2.28. The minimum absolute atomic E-state index is 0.354. The summed E-state index contributed by atoms with van der Waals surface area (Å²) in [5.41, 5.74) is 0.379. The second kappa shape index (κ2) is 4.00. The highest BCUT2D eigenvalue weighted by Crippen LogP contribution is 2.07. The van der Waals surface area contributed by atoms with Crippen molar-refractivity contribution in [3.63, 3.8) is 0 Å². The lowest BCUT2D eigenvalue weighted by molar-refractivity contribution is -0.0798. The first kappa shape index (κ1) is 8.10. The van der Waals surface area contributed by atoms with E-state index in [1.807, 2.05) is 0 Å². The highest BCUT2D eigenvalue weighted by Gasteiger charge is 2.05. The quantitative estimate of drug-likeness (QED) is 0.563. The fourth-order valence-corrected chi connectivity index (χ4v) is 0.743. The van der Waals surface area contributed by atoms with Gasteiger partial charge in [-0.3, -0.25) is 0 Å². The van der Waals surface area contributed by atoms with Gasteiger partial charge in [-0.05, 0) is 23.4 Å². The van der Waals surface area contributed by atoms with Gasteiger partial charge < -0.3 is 9.47 Å². The lowest BCUT2D eigenvalue weighted by atomic mass is 10.4. The van der Waals surface area contributed by atoms with E-state index in [0.29, 0.717) is 12.3 Å². The van der Waals surface area contributed by atoms with Crippen molar-refractivity contribution in [1.82, 2.24) is 0 Å². The summed E-state index contributed by atoms with van der Waals surface area (Å²) in [7, 11) is 1.54. The second-order valence-corrected chi connectivity index (χ2v) is 2.02. The first-order chi connectivity index (χ1) is 5.36. The van der Waals surface area contributed by atoms with Gasteiger partial charge >= 0.3 is 0 Å². The average molecular weight is 155 g/mol. The van der Waals surface area contributed by atoms with Crippen molar-refractivity contribution in [3.05, 3.63) is 28.8 Å². The second-order valence-electron chi connectivity index (χ2n) is 2.02. The third-order valence-electron chi connectivity index (χ3n) is 1.31. The lowest BCUT2D eigenvalue weighted by Crippen LogP contribution is -2.10. The van der Waals surface area contributed by atoms with Gasteiger partial charge in [-0.1, -0.05) is 0 Å². The van der Waals surface area contributed by atoms with Crippen LogP contribution in [0.25, 0.3) is 0 Å². The third-order valence-corrected chi connectivity index (χ3v) is 1.31. The highest BCUT2D eigenvalue weighted by molar-refractivity contribution is 5.19. The number of ether oxygens (including phenoxy) is 2. The standard InChI is InChI=1S/C7H9NO3/c1-10-7-3-2-6(8-9)4-5-11-7/h2-4,7H,5H2,1H3. The normalized spacial score (nSPS) is 24.1. The molecule has 1 atom stereocenters. The van der Waals surface area contributed by atoms with Crippen LogP contribution in [0.2, 0.25) is 0 Å². The Morgan fingerprint density at radius 3 is 3.27 bits per heavy atom. The molecule has 0 saturated carbocycles. The minimum Gasteiger partial charge on any atom is -0.352 e. The first-order valence-corrected chi connectivity index (χ1v) is 3.23. The molecular formula is C7H9NO3. The molecular weight excluding hydrogens is 146 g/mol. The van der Waals surface area contributed by atoms with Gasteiger partial charge in [0.05, 0.1) is 6.61 Å². The van der Waals surface area contributed by atoms with E-state index < -0.39 is 0 Å². The van der Waals surface area contributed by atoms with Gasteiger partial charge in [0.25, 0.3) is 0 Å². The zero-order chi connectivity index (χ0) is 8.10. The van der Waals surface area contributed by atoms with Crippen LogP contribution in [0.3, 0.4) is 0 Å². The Bertz CT molecular complexity index is 198. The van der Waals surface area contributed by atoms with Crippen LogP contribution < -0.4 is 0 Å². The molecule has 11 heavy (non-hydrogen) atoms. The van der Waals surface area contributed by atoms with Crippen LogP contribution >= 0.6 is 0 Å². The topological polar surface area (TPSA) is 47.9 Å². The SMILES string of the molecule is COC1C=CC(N=O)=CCO1. The number of allylic oxidation sites excluding steroid dienone is 1. The molecule has 0 aromatic carbocycles. The molecule has 1 heterocycles. The molecule has 0 N–H and O–H groups in total. The van der Waals surface area contributed by atoms with Gasteiger partial charge in [0.1, 0.15) is 5.70 Å². The molecule has 0 aromatic rings. The molecule has 0 fully saturated rings. The summed E-state index contributed by atoms with van der Waals surface area (Å²) in [6.45, 7) is 0.354. The van der Waals surface area contributed by atoms with Gasteiger partial charge in [0.2, 0.25) is 0 Å². The smallest absolute Gasteiger partial charge is 0.177 e. The monoisotopic (exact) mass is 155 g/mol. The van der Waals surface area contributed by atoms with Gasteiger partial charge in [-0.2, -0.15) is 0 Å². The summed E-state index contributed by atoms with van der Waals surface area (Å²) in [6.07, 6.45) is 4.45. The maximum absolute atomic E-state index is 10.0. The van der Waals surface area contributed by atoms with E-state index in [2.05, 4.69) is 5.18 Å². The number of rotatable bonds is 2. The molecule has 0 aliphatic carbocycles. The molecule has 1 unspecified atom stereocenters. The maximum atomic E-state index is 10.0. The van der Waals surface area contributed by atoms with E-state index in [9.17, 15) is 4.91 Å². The van der Waals surface area contributed by atoms with E-state index in [4.69, 9.17) is 9.47 Å². The summed E-state index contributed by atoms with van der Waals surface area (Å²) >= 11 is 0. The Balaban J connectivity index is 2.60. The van der Waals surface area contributed by atoms with Crippen LogP contribution in [-0.4, -0.2) is 20.0 Å². The largest absolute Gasteiger partial charge is 0.352 e. The molecule has 0 amide bonds. The molecule has 0 radical (unpaired) electrons. The molecule has 4 nitrogen and oxygen atoms in total. The van der Waals surface area contributed by atoms with Crippen LogP contribution in [0.15, 0.2) is 29.1 Å². The van der Waals surface area contributed by atoms with Crippen LogP contribution in [-0.2, 0) is 9.47 Å². The van der Waals surface area contributed by atoms with Gasteiger partial charge in [0, 0.05) is 7.11 Å². The number of hydrogen-bond acceptors (Lipinski definition) is 4. The summed E-state index contributed by atoms with van der Waals surface area (Å²) < 4.78 is 9.98. The van der Waals surface area contributed by atoms with Crippen molar-refractivity contribution in [1.29, 1.82) is 0 Å². The Morgan fingerprint density at radius 2 is 2.64 bits per heavy atom. The van der Waals surface area contributed by atoms with Crippen LogP contribution in [0, 0.1) is 4.91 Å². The molecule has 1 rings (SSSR count). The zero-order valence-electron chi connectivity index (χ0n) is 6.19. The van der Waals surface area contributed by atoms with Crippen LogP contribution in [0.4, 0.5) is 0 Å². The van der Waals surface area contributed by atoms with E-state index in [1.54, 1.807) is 18.2 Å². The molecule has 0 aromatic heterocycles. The predicted octanol–water partition coefficient (Wildman–Crippen LogP) is 1.20. The van der Waals surface area contributed by atoms with Crippen molar-refractivity contribution in [3.8, 4) is 0 Å². The summed E-state index contributed by atoms with van der Waals surface area (Å²) in [4.78, 5) is 10.0. The summed E-state index contributed by atoms with van der Waals surface area (Å²) in [5, 5.41) is 2.76. The molecule has 0 saturated heterocycles. The highest BCUT2D eigenvalue weighted by atomic mass is 16.7. The molecule has 0 spiro atoms. The lowest BCUT2D eigenvalue weighted by Gasteiger charge is -2.07. The van der Waals surface area contributed by atoms with E-state index >= 15 is 0 Å². The van der Waals surface area contributed by atoms with Crippen molar-refractivity contribution in [2.75, 3.05) is 13.7 Å². The van der Waals surface area contributed by atoms with E-state index in [-0.39, 0.29) is 6.29 Å². The maximum Gasteiger partial charge on any atom is 0.177 e. The van der Waals surface area contributed by atoms with E-state index in [0.717, 1.165) is 0 Å². The molecule has 4 heteroatoms. The number of nitroso groups, excluding NO2 is 1. The number of nitrogens with zero attached hydrogens (tertiary/aromatic N) is 1. The van der Waals surface area contributed by atoms with Crippen LogP contribution in [0.1, 0.15) is 0 Å². The van der Waals surface area contributed by atoms with Crippen LogP contribution in [0.5, 0.6) is 0 Å². The van der Waals surface area contributed by atoms with E-state index in [1.165, 1.54) is 7.11 Å². The number of methoxy groups -OCH3 is 1. The predicted molar refractivity (Wildman–Crippen MR) is 39.8 cm³/mol. The Morgan fingerprint density at radius 1 is 1.82 bits per heavy atom. The minimum atomic E-state index is -0.370. The van der Waals surface area contributed by atoms with Crippen molar-refractivity contribution >= 4 is 0 Å². The molecule has 0 bridgehead atoms. The Kier molecular flexibility index (Phi) is 2.95. The van der Waals surface area contributed by atoms with Gasteiger partial charge in [-0.15, -0.1) is 4.91 Å². The van der Waals surface area contributed by atoms with Crippen molar-refractivity contribution < 1.29 is 9.47 Å². The Hall–Kier alpha value is -1.00. The third kappa shape index (κ3) is 2.25. The van der Waals surface area contributed by atoms with Gasteiger partial charge in [-0.25, -0.2) is 0 Å². The summed E-state index contributed by atoms with van der Waals surface area (Å²) in [6, 6.07) is 0. The Labute approximate surface area is 64.5 Å². The fraction of sp³-hybridized carbons (Fsp3) is 0.429. The number of hydrogen-bond donors (Lipinski definition) is 0. The first-order valence-electron chi connectivity index (χ1n) is 3.23. The molecule has 1 aliphatic rings. The van der Waals surface area contributed by atoms with Crippen molar-refractivity contribution in [2.45, 2.75) is 6.29 Å². The molecule has 60 valence electrons. The zero-order valence-corrected chi connectivity index (χ0v) is 6.19. The molecule has 1 aliphatic heterocycles.